The molecule has 0 unspecified atom stereocenters. The number of halogens is 5. The first-order valence-electron chi connectivity index (χ1n) is 6.72. The summed E-state index contributed by atoms with van der Waals surface area (Å²) in [7, 11) is 1.59. The summed E-state index contributed by atoms with van der Waals surface area (Å²) >= 11 is 0. The van der Waals surface area contributed by atoms with Gasteiger partial charge in [-0.3, -0.25) is 4.68 Å². The molecule has 130 valence electrons. The van der Waals surface area contributed by atoms with Crippen LogP contribution in [0.4, 0.5) is 26.7 Å². The van der Waals surface area contributed by atoms with Crippen molar-refractivity contribution in [3.63, 3.8) is 0 Å². The molecular weight excluding hydrogens is 335 g/mol. The van der Waals surface area contributed by atoms with Crippen molar-refractivity contribution in [3.05, 3.63) is 53.4 Å². The number of hydrogen-bond acceptors (Lipinski definition) is 2. The number of nitrogens with zero attached hydrogens (tertiary/aromatic N) is 2. The van der Waals surface area contributed by atoms with Crippen LogP contribution in [0.5, 0.6) is 0 Å². The first-order valence-corrected chi connectivity index (χ1v) is 6.72. The maximum absolute atomic E-state index is 13.6. The normalized spacial score (nSPS) is 12.8. The van der Waals surface area contributed by atoms with E-state index in [0.717, 1.165) is 6.07 Å². The Bertz CT molecular complexity index is 708. The topological polar surface area (TPSA) is 59.0 Å². The van der Waals surface area contributed by atoms with Gasteiger partial charge >= 0.3 is 12.2 Å². The third kappa shape index (κ3) is 4.00. The second kappa shape index (κ2) is 6.85. The zero-order valence-electron chi connectivity index (χ0n) is 12.4. The quantitative estimate of drug-likeness (QED) is 0.835. The van der Waals surface area contributed by atoms with Crippen LogP contribution in [0, 0.1) is 11.6 Å². The molecule has 1 aromatic carbocycles. The minimum absolute atomic E-state index is 0.104. The molecular formula is C14H13F5N4O. The molecule has 0 spiro atoms. The van der Waals surface area contributed by atoms with E-state index in [-0.39, 0.29) is 6.54 Å². The molecule has 0 aliphatic carbocycles. The van der Waals surface area contributed by atoms with Gasteiger partial charge in [-0.05, 0) is 18.2 Å². The number of aromatic nitrogens is 2. The van der Waals surface area contributed by atoms with Crippen molar-refractivity contribution in [2.24, 2.45) is 7.05 Å². The Kier molecular flexibility index (Phi) is 5.05. The predicted molar refractivity (Wildman–Crippen MR) is 73.7 cm³/mol. The zero-order chi connectivity index (χ0) is 17.9. The standard InChI is InChI=1S/C14H13F5N4O/c1-23-8(5-6-21-23)7-20-13(24)22-12(14(17,18)19)11-9(15)3-2-4-10(11)16/h2-6,12H,7H2,1H3,(H2,20,22,24)/t12-/m0/s1. The van der Waals surface area contributed by atoms with Crippen LogP contribution in [0.1, 0.15) is 17.3 Å². The highest BCUT2D eigenvalue weighted by Gasteiger charge is 2.44. The number of benzene rings is 1. The van der Waals surface area contributed by atoms with Crippen molar-refractivity contribution < 1.29 is 26.7 Å². The van der Waals surface area contributed by atoms with Crippen LogP contribution in [0.3, 0.4) is 0 Å². The van der Waals surface area contributed by atoms with Crippen LogP contribution >= 0.6 is 0 Å². The van der Waals surface area contributed by atoms with Gasteiger partial charge in [0.1, 0.15) is 11.6 Å². The molecule has 0 saturated heterocycles. The fourth-order valence-electron chi connectivity index (χ4n) is 2.03. The molecule has 1 heterocycles. The Morgan fingerprint density at radius 3 is 2.38 bits per heavy atom. The zero-order valence-corrected chi connectivity index (χ0v) is 12.4. The highest BCUT2D eigenvalue weighted by Crippen LogP contribution is 2.35. The van der Waals surface area contributed by atoms with Crippen LogP contribution < -0.4 is 10.6 Å². The van der Waals surface area contributed by atoms with Gasteiger partial charge in [0.15, 0.2) is 6.04 Å². The van der Waals surface area contributed by atoms with Gasteiger partial charge in [-0.25, -0.2) is 13.6 Å². The molecule has 1 aromatic heterocycles. The Morgan fingerprint density at radius 1 is 1.25 bits per heavy atom. The maximum Gasteiger partial charge on any atom is 0.413 e. The van der Waals surface area contributed by atoms with E-state index in [9.17, 15) is 26.7 Å². The number of carbonyl (C=O) groups is 1. The number of amides is 2. The van der Waals surface area contributed by atoms with Gasteiger partial charge < -0.3 is 10.6 Å². The maximum atomic E-state index is 13.6. The molecule has 1 atom stereocenters. The van der Waals surface area contributed by atoms with E-state index in [1.807, 2.05) is 0 Å². The lowest BCUT2D eigenvalue weighted by atomic mass is 10.1. The van der Waals surface area contributed by atoms with E-state index in [1.54, 1.807) is 18.4 Å². The number of alkyl halides is 3. The number of hydrogen-bond donors (Lipinski definition) is 2. The smallest absolute Gasteiger partial charge is 0.333 e. The Balaban J connectivity index is 2.15. The molecule has 0 radical (unpaired) electrons. The van der Waals surface area contributed by atoms with Crippen LogP contribution in [-0.4, -0.2) is 22.0 Å². The van der Waals surface area contributed by atoms with Crippen molar-refractivity contribution in [3.8, 4) is 0 Å². The number of nitrogens with one attached hydrogen (secondary N) is 2. The molecule has 0 aliphatic heterocycles. The van der Waals surface area contributed by atoms with Gasteiger partial charge in [0.25, 0.3) is 0 Å². The molecule has 0 aliphatic rings. The molecule has 2 rings (SSSR count). The van der Waals surface area contributed by atoms with Gasteiger partial charge in [-0.1, -0.05) is 6.07 Å². The highest BCUT2D eigenvalue weighted by atomic mass is 19.4. The third-order valence-corrected chi connectivity index (χ3v) is 3.24. The minimum Gasteiger partial charge on any atom is -0.333 e. The fraction of sp³-hybridized carbons (Fsp3) is 0.286. The lowest BCUT2D eigenvalue weighted by molar-refractivity contribution is -0.156. The summed E-state index contributed by atoms with van der Waals surface area (Å²) < 4.78 is 68.0. The molecule has 5 nitrogen and oxygen atoms in total. The van der Waals surface area contributed by atoms with E-state index < -0.39 is 35.4 Å². The Morgan fingerprint density at radius 2 is 1.88 bits per heavy atom. The second-order valence-electron chi connectivity index (χ2n) is 4.88. The lowest BCUT2D eigenvalue weighted by Crippen LogP contribution is -2.44. The molecule has 2 amide bonds. The van der Waals surface area contributed by atoms with Crippen molar-refractivity contribution in [2.75, 3.05) is 0 Å². The monoisotopic (exact) mass is 348 g/mol. The second-order valence-corrected chi connectivity index (χ2v) is 4.88. The summed E-state index contributed by atoms with van der Waals surface area (Å²) in [6, 6.07) is -0.174. The SMILES string of the molecule is Cn1nccc1CNC(=O)N[C@@H](c1c(F)cccc1F)C(F)(F)F. The molecule has 24 heavy (non-hydrogen) atoms. The summed E-state index contributed by atoms with van der Waals surface area (Å²) in [6.45, 7) is -0.104. The Labute approximate surface area is 133 Å². The number of urea groups is 1. The summed E-state index contributed by atoms with van der Waals surface area (Å²) in [4.78, 5) is 11.7. The van der Waals surface area contributed by atoms with Gasteiger partial charge in [0.05, 0.1) is 17.8 Å². The van der Waals surface area contributed by atoms with Crippen molar-refractivity contribution in [1.29, 1.82) is 0 Å². The largest absolute Gasteiger partial charge is 0.413 e. The summed E-state index contributed by atoms with van der Waals surface area (Å²) in [5.74, 6) is -2.80. The minimum atomic E-state index is -5.08. The van der Waals surface area contributed by atoms with Crippen molar-refractivity contribution in [2.45, 2.75) is 18.8 Å². The first kappa shape index (κ1) is 17.7. The Hall–Kier alpha value is -2.65. The van der Waals surface area contributed by atoms with Crippen LogP contribution in [-0.2, 0) is 13.6 Å². The third-order valence-electron chi connectivity index (χ3n) is 3.24. The van der Waals surface area contributed by atoms with Gasteiger partial charge in [-0.2, -0.15) is 18.3 Å². The average molecular weight is 348 g/mol. The van der Waals surface area contributed by atoms with Crippen LogP contribution in [0.25, 0.3) is 0 Å². The van der Waals surface area contributed by atoms with Gasteiger partial charge in [0, 0.05) is 13.2 Å². The molecule has 2 N–H and O–H groups in total. The van der Waals surface area contributed by atoms with E-state index in [2.05, 4.69) is 10.4 Å². The highest BCUT2D eigenvalue weighted by molar-refractivity contribution is 5.74. The van der Waals surface area contributed by atoms with E-state index in [4.69, 9.17) is 0 Å². The number of rotatable bonds is 4. The summed E-state index contributed by atoms with van der Waals surface area (Å²) in [5, 5.41) is 7.56. The molecule has 10 heteroatoms. The van der Waals surface area contributed by atoms with E-state index >= 15 is 0 Å². The van der Waals surface area contributed by atoms with Gasteiger partial charge in [-0.15, -0.1) is 0 Å². The number of aryl methyl sites for hydroxylation is 1. The summed E-state index contributed by atoms with van der Waals surface area (Å²) in [6.07, 6.45) is -3.63. The fourth-order valence-corrected chi connectivity index (χ4v) is 2.03. The molecule has 0 bridgehead atoms. The van der Waals surface area contributed by atoms with E-state index in [1.165, 1.54) is 10.9 Å². The van der Waals surface area contributed by atoms with Crippen LogP contribution in [0.15, 0.2) is 30.5 Å². The summed E-state index contributed by atoms with van der Waals surface area (Å²) in [5.41, 5.74) is -0.730. The lowest BCUT2D eigenvalue weighted by Gasteiger charge is -2.23. The predicted octanol–water partition coefficient (Wildman–Crippen LogP) is 2.80. The van der Waals surface area contributed by atoms with E-state index in [0.29, 0.717) is 17.8 Å². The first-order chi connectivity index (χ1) is 11.2. The van der Waals surface area contributed by atoms with Crippen molar-refractivity contribution in [1.82, 2.24) is 20.4 Å². The molecule has 0 fully saturated rings. The number of carbonyl (C=O) groups excluding carboxylic acids is 1. The molecule has 2 aromatic rings. The van der Waals surface area contributed by atoms with Gasteiger partial charge in [0.2, 0.25) is 0 Å². The van der Waals surface area contributed by atoms with Crippen molar-refractivity contribution >= 4 is 6.03 Å². The molecule has 0 saturated carbocycles. The average Bonchev–Trinajstić information content (AvgIpc) is 2.88. The van der Waals surface area contributed by atoms with Crippen LogP contribution in [0.2, 0.25) is 0 Å².